The normalized spacial score (nSPS) is 18.2. The third kappa shape index (κ3) is 6.02. The fourth-order valence-corrected chi connectivity index (χ4v) is 3.45. The van der Waals surface area contributed by atoms with Crippen molar-refractivity contribution in [2.75, 3.05) is 35.4 Å². The minimum Gasteiger partial charge on any atom is -0.443 e. The Balaban J connectivity index is 1.87. The largest absolute Gasteiger partial charge is 0.443 e. The lowest BCUT2D eigenvalue weighted by molar-refractivity contribution is -0.137. The molecule has 3 rings (SSSR count). The van der Waals surface area contributed by atoms with Crippen molar-refractivity contribution >= 4 is 29.5 Å². The summed E-state index contributed by atoms with van der Waals surface area (Å²) in [5.41, 5.74) is -1.64. The van der Waals surface area contributed by atoms with Gasteiger partial charge in [0.05, 0.1) is 12.2 Å². The number of amides is 2. The number of rotatable bonds is 4. The van der Waals surface area contributed by atoms with Crippen LogP contribution >= 0.6 is 0 Å². The van der Waals surface area contributed by atoms with E-state index in [2.05, 4.69) is 9.97 Å². The third-order valence-electron chi connectivity index (χ3n) is 5.20. The number of halogens is 3. The molecule has 0 spiro atoms. The van der Waals surface area contributed by atoms with Crippen LogP contribution in [0.25, 0.3) is 0 Å². The van der Waals surface area contributed by atoms with Crippen LogP contribution in [0.2, 0.25) is 0 Å². The van der Waals surface area contributed by atoms with E-state index in [0.29, 0.717) is 0 Å². The topological polar surface area (TPSA) is 108 Å². The molecule has 3 heterocycles. The molecule has 1 aliphatic heterocycles. The number of aromatic nitrogens is 2. The standard InChI is InChI=1S/C23H28F3N5O5/c1-13-10-14(23(24,25)26)11-18(27-13)31-15(12-35-21(31)34)19(32)29(5)16-8-7-9-17(28-16)30(6)20(33)36-22(2,3)4/h7-11,15,21,34H,12H2,1-6H3/t15-,21?/m0/s1. The van der Waals surface area contributed by atoms with E-state index in [1.807, 2.05) is 0 Å². The van der Waals surface area contributed by atoms with Gasteiger partial charge in [-0.05, 0) is 52.0 Å². The van der Waals surface area contributed by atoms with Crippen LogP contribution in [0.4, 0.5) is 35.4 Å². The monoisotopic (exact) mass is 511 g/mol. The smallest absolute Gasteiger partial charge is 0.416 e. The number of anilines is 3. The number of hydrogen-bond donors (Lipinski definition) is 1. The number of pyridine rings is 2. The van der Waals surface area contributed by atoms with Crippen LogP contribution in [-0.4, -0.2) is 65.8 Å². The summed E-state index contributed by atoms with van der Waals surface area (Å²) in [4.78, 5) is 37.5. The van der Waals surface area contributed by atoms with Crippen LogP contribution in [0.5, 0.6) is 0 Å². The molecule has 36 heavy (non-hydrogen) atoms. The SMILES string of the molecule is Cc1cc(C(F)(F)F)cc(N2C(O)OC[C@H]2C(=O)N(C)c2cccc(N(C)C(=O)OC(C)(C)C)n2)n1. The molecule has 2 aromatic rings. The highest BCUT2D eigenvalue weighted by Gasteiger charge is 2.42. The first-order valence-electron chi connectivity index (χ1n) is 10.9. The highest BCUT2D eigenvalue weighted by molar-refractivity contribution is 5.98. The lowest BCUT2D eigenvalue weighted by Gasteiger charge is -2.29. The van der Waals surface area contributed by atoms with Crippen LogP contribution in [-0.2, 0) is 20.4 Å². The van der Waals surface area contributed by atoms with Crippen LogP contribution in [0, 0.1) is 6.92 Å². The molecule has 1 unspecified atom stereocenters. The molecule has 2 amide bonds. The lowest BCUT2D eigenvalue weighted by Crippen LogP contribution is -2.48. The number of hydrogen-bond acceptors (Lipinski definition) is 8. The maximum Gasteiger partial charge on any atom is 0.416 e. The molecule has 10 nitrogen and oxygen atoms in total. The predicted molar refractivity (Wildman–Crippen MR) is 124 cm³/mol. The molecule has 0 aromatic carbocycles. The number of aliphatic hydroxyl groups excluding tert-OH is 1. The van der Waals surface area contributed by atoms with Gasteiger partial charge in [0.1, 0.15) is 29.1 Å². The van der Waals surface area contributed by atoms with E-state index in [0.717, 1.165) is 21.9 Å². The Kier molecular flexibility index (Phi) is 7.46. The van der Waals surface area contributed by atoms with Gasteiger partial charge in [0, 0.05) is 19.8 Å². The van der Waals surface area contributed by atoms with Crippen molar-refractivity contribution in [3.8, 4) is 0 Å². The molecule has 1 fully saturated rings. The number of alkyl halides is 3. The lowest BCUT2D eigenvalue weighted by atomic mass is 10.2. The van der Waals surface area contributed by atoms with E-state index in [9.17, 15) is 27.9 Å². The van der Waals surface area contributed by atoms with E-state index in [-0.39, 0.29) is 29.8 Å². The Bertz CT molecular complexity index is 1140. The summed E-state index contributed by atoms with van der Waals surface area (Å²) in [5, 5.41) is 10.3. The first-order chi connectivity index (χ1) is 16.6. The molecule has 2 atom stereocenters. The van der Waals surface area contributed by atoms with Gasteiger partial charge in [0.25, 0.3) is 5.91 Å². The fourth-order valence-electron chi connectivity index (χ4n) is 3.45. The van der Waals surface area contributed by atoms with Gasteiger partial charge in [-0.25, -0.2) is 14.8 Å². The highest BCUT2D eigenvalue weighted by atomic mass is 19.4. The van der Waals surface area contributed by atoms with Gasteiger partial charge in [0.15, 0.2) is 0 Å². The van der Waals surface area contributed by atoms with Gasteiger partial charge in [-0.1, -0.05) is 6.07 Å². The van der Waals surface area contributed by atoms with Crippen molar-refractivity contribution in [1.29, 1.82) is 0 Å². The summed E-state index contributed by atoms with van der Waals surface area (Å²) in [6.45, 7) is 6.25. The van der Waals surface area contributed by atoms with E-state index in [1.54, 1.807) is 32.9 Å². The zero-order valence-corrected chi connectivity index (χ0v) is 20.7. The summed E-state index contributed by atoms with van der Waals surface area (Å²) in [6, 6.07) is 5.09. The number of carbonyl (C=O) groups is 2. The van der Waals surface area contributed by atoms with Crippen molar-refractivity contribution in [3.63, 3.8) is 0 Å². The molecular weight excluding hydrogens is 483 g/mol. The van der Waals surface area contributed by atoms with Crippen LogP contribution < -0.4 is 14.7 Å². The maximum atomic E-state index is 13.3. The molecule has 2 aromatic heterocycles. The van der Waals surface area contributed by atoms with Crippen LogP contribution in [0.15, 0.2) is 30.3 Å². The molecule has 1 N–H and O–H groups in total. The number of aliphatic hydroxyl groups is 1. The maximum absolute atomic E-state index is 13.3. The average Bonchev–Trinajstić information content (AvgIpc) is 3.16. The number of nitrogens with zero attached hydrogens (tertiary/aromatic N) is 5. The Hall–Kier alpha value is -3.45. The molecule has 1 aliphatic rings. The van der Waals surface area contributed by atoms with Gasteiger partial charge in [-0.2, -0.15) is 13.2 Å². The molecular formula is C23H28F3N5O5. The average molecular weight is 512 g/mol. The van der Waals surface area contributed by atoms with Gasteiger partial charge in [0.2, 0.25) is 6.41 Å². The summed E-state index contributed by atoms with van der Waals surface area (Å²) < 4.78 is 50.5. The Morgan fingerprint density at radius 1 is 1.11 bits per heavy atom. The second-order valence-electron chi connectivity index (χ2n) is 9.23. The van der Waals surface area contributed by atoms with Crippen LogP contribution in [0.1, 0.15) is 32.0 Å². The number of aryl methyl sites for hydroxylation is 1. The Morgan fingerprint density at radius 2 is 1.72 bits per heavy atom. The summed E-state index contributed by atoms with van der Waals surface area (Å²) in [5.74, 6) is -0.517. The molecule has 0 bridgehead atoms. The van der Waals surface area contributed by atoms with E-state index in [1.165, 1.54) is 32.0 Å². The summed E-state index contributed by atoms with van der Waals surface area (Å²) >= 11 is 0. The molecule has 0 saturated carbocycles. The van der Waals surface area contributed by atoms with E-state index in [4.69, 9.17) is 9.47 Å². The third-order valence-corrected chi connectivity index (χ3v) is 5.20. The zero-order valence-electron chi connectivity index (χ0n) is 20.7. The van der Waals surface area contributed by atoms with Crippen molar-refractivity contribution in [3.05, 3.63) is 41.6 Å². The Labute approximate surface area is 206 Å². The van der Waals surface area contributed by atoms with Crippen molar-refractivity contribution in [1.82, 2.24) is 9.97 Å². The zero-order chi connectivity index (χ0) is 27.0. The van der Waals surface area contributed by atoms with Crippen molar-refractivity contribution < 1.29 is 37.3 Å². The van der Waals surface area contributed by atoms with Crippen LogP contribution in [0.3, 0.4) is 0 Å². The van der Waals surface area contributed by atoms with E-state index < -0.39 is 41.8 Å². The quantitative estimate of drug-likeness (QED) is 0.666. The van der Waals surface area contributed by atoms with Gasteiger partial charge >= 0.3 is 12.3 Å². The molecule has 13 heteroatoms. The van der Waals surface area contributed by atoms with Crippen molar-refractivity contribution in [2.45, 2.75) is 51.9 Å². The van der Waals surface area contributed by atoms with Gasteiger partial charge in [-0.3, -0.25) is 19.5 Å². The van der Waals surface area contributed by atoms with Gasteiger partial charge in [-0.15, -0.1) is 0 Å². The first kappa shape index (κ1) is 27.1. The number of likely N-dealkylation sites (N-methyl/N-ethyl adjacent to an activating group) is 1. The molecule has 1 saturated heterocycles. The summed E-state index contributed by atoms with van der Waals surface area (Å²) in [7, 11) is 2.88. The fraction of sp³-hybridized carbons (Fsp3) is 0.478. The summed E-state index contributed by atoms with van der Waals surface area (Å²) in [6.07, 6.45) is -6.97. The van der Waals surface area contributed by atoms with Crippen molar-refractivity contribution in [2.24, 2.45) is 0 Å². The number of carbonyl (C=O) groups excluding carboxylic acids is 2. The Morgan fingerprint density at radius 3 is 2.31 bits per heavy atom. The first-order valence-corrected chi connectivity index (χ1v) is 10.9. The predicted octanol–water partition coefficient (Wildman–Crippen LogP) is 3.32. The molecule has 196 valence electrons. The second kappa shape index (κ2) is 9.90. The minimum absolute atomic E-state index is 0.0537. The molecule has 0 aliphatic carbocycles. The molecule has 0 radical (unpaired) electrons. The van der Waals surface area contributed by atoms with Gasteiger partial charge < -0.3 is 14.6 Å². The van der Waals surface area contributed by atoms with E-state index >= 15 is 0 Å². The second-order valence-corrected chi connectivity index (χ2v) is 9.23. The number of ether oxygens (including phenoxy) is 2. The minimum atomic E-state index is -4.64. The highest BCUT2D eigenvalue weighted by Crippen LogP contribution is 2.34.